The predicted octanol–water partition coefficient (Wildman–Crippen LogP) is 3.09. The minimum absolute atomic E-state index is 0.101. The second-order valence-corrected chi connectivity index (χ2v) is 10.4. The second kappa shape index (κ2) is 10.1. The Morgan fingerprint density at radius 3 is 2.23 bits per heavy atom. The van der Waals surface area contributed by atoms with Gasteiger partial charge in [0.1, 0.15) is 5.58 Å². The molecule has 2 aromatic carbocycles. The molecule has 1 saturated heterocycles. The number of piperazine rings is 1. The first-order valence-corrected chi connectivity index (χ1v) is 12.6. The maximum absolute atomic E-state index is 13.4. The molecule has 11 heteroatoms. The van der Waals surface area contributed by atoms with Crippen molar-refractivity contribution in [2.75, 3.05) is 39.3 Å². The minimum atomic E-state index is -4.70. The molecule has 1 aliphatic rings. The van der Waals surface area contributed by atoms with Crippen LogP contribution in [0.15, 0.2) is 62.6 Å². The minimum Gasteiger partial charge on any atom is -0.423 e. The molecule has 1 fully saturated rings. The first-order valence-electron chi connectivity index (χ1n) is 11.1. The molecule has 188 valence electrons. The third-order valence-corrected chi connectivity index (χ3v) is 7.96. The van der Waals surface area contributed by atoms with Gasteiger partial charge in [0.05, 0.1) is 10.5 Å². The number of aliphatic hydroxyl groups excluding tert-OH is 1. The molecule has 0 saturated carbocycles. The Hall–Kier alpha value is -2.73. The topological polar surface area (TPSA) is 91.1 Å². The van der Waals surface area contributed by atoms with E-state index in [9.17, 15) is 26.4 Å². The number of sulfonamides is 1. The Morgan fingerprint density at radius 1 is 0.943 bits per heavy atom. The van der Waals surface area contributed by atoms with E-state index in [1.807, 2.05) is 0 Å². The van der Waals surface area contributed by atoms with Crippen molar-refractivity contribution in [3.8, 4) is 0 Å². The second-order valence-electron chi connectivity index (χ2n) is 8.45. The fourth-order valence-electron chi connectivity index (χ4n) is 4.21. The molecule has 0 amide bonds. The lowest BCUT2D eigenvalue weighted by Gasteiger charge is -2.33. The normalized spacial score (nSPS) is 16.1. The Balaban J connectivity index is 1.50. The summed E-state index contributed by atoms with van der Waals surface area (Å²) < 4.78 is 72.5. The summed E-state index contributed by atoms with van der Waals surface area (Å²) in [6.45, 7) is 2.75. The lowest BCUT2D eigenvalue weighted by atomic mass is 10.0. The lowest BCUT2D eigenvalue weighted by Crippen LogP contribution is -2.48. The van der Waals surface area contributed by atoms with Crippen molar-refractivity contribution in [1.82, 2.24) is 9.21 Å². The van der Waals surface area contributed by atoms with Gasteiger partial charge in [-0.05, 0) is 48.2 Å². The van der Waals surface area contributed by atoms with Crippen molar-refractivity contribution < 1.29 is 31.1 Å². The van der Waals surface area contributed by atoms with Gasteiger partial charge < -0.3 is 14.4 Å². The standard InChI is InChI=1S/C24H25F3N2O5S/c25-24(26,27)21-16-23(31)34-22-7-4-18(15-20(21)22)14-17-2-5-19(6-3-17)35(32,33)29-11-9-28(10-12-29)8-1-13-30/h2-7,15-16,30H,1,8-14H2. The zero-order chi connectivity index (χ0) is 25.2. The maximum Gasteiger partial charge on any atom is 0.417 e. The summed E-state index contributed by atoms with van der Waals surface area (Å²) in [5.41, 5.74) is -0.981. The van der Waals surface area contributed by atoms with Crippen LogP contribution in [0.4, 0.5) is 13.2 Å². The third kappa shape index (κ3) is 5.75. The molecule has 3 aromatic rings. The summed E-state index contributed by atoms with van der Waals surface area (Å²) in [6, 6.07) is 11.0. The van der Waals surface area contributed by atoms with Gasteiger partial charge in [0.2, 0.25) is 10.0 Å². The first kappa shape index (κ1) is 25.4. The van der Waals surface area contributed by atoms with E-state index in [0.29, 0.717) is 44.2 Å². The van der Waals surface area contributed by atoms with Gasteiger partial charge in [0.25, 0.3) is 0 Å². The molecule has 0 spiro atoms. The molecule has 0 bridgehead atoms. The van der Waals surface area contributed by atoms with E-state index in [4.69, 9.17) is 9.52 Å². The molecule has 0 atom stereocenters. The Labute approximate surface area is 200 Å². The average Bonchev–Trinajstić information content (AvgIpc) is 2.82. The molecular formula is C24H25F3N2O5S. The largest absolute Gasteiger partial charge is 0.423 e. The SMILES string of the molecule is O=c1cc(C(F)(F)F)c2cc(Cc3ccc(S(=O)(=O)N4CCN(CCCO)CC4)cc3)ccc2o1. The summed E-state index contributed by atoms with van der Waals surface area (Å²) in [6.07, 6.45) is -3.78. The van der Waals surface area contributed by atoms with E-state index in [1.165, 1.54) is 28.6 Å². The van der Waals surface area contributed by atoms with Crippen LogP contribution in [0, 0.1) is 0 Å². The van der Waals surface area contributed by atoms with E-state index < -0.39 is 27.4 Å². The van der Waals surface area contributed by atoms with E-state index in [0.717, 1.165) is 12.1 Å². The van der Waals surface area contributed by atoms with Crippen molar-refractivity contribution in [2.45, 2.75) is 23.9 Å². The van der Waals surface area contributed by atoms with Crippen LogP contribution in [0.3, 0.4) is 0 Å². The summed E-state index contributed by atoms with van der Waals surface area (Å²) in [5.74, 6) is 0. The molecule has 7 nitrogen and oxygen atoms in total. The third-order valence-electron chi connectivity index (χ3n) is 6.05. The molecule has 0 unspecified atom stereocenters. The van der Waals surface area contributed by atoms with Crippen molar-refractivity contribution in [2.24, 2.45) is 0 Å². The number of aliphatic hydroxyl groups is 1. The molecule has 35 heavy (non-hydrogen) atoms. The van der Waals surface area contributed by atoms with Crippen LogP contribution < -0.4 is 5.63 Å². The number of hydrogen-bond donors (Lipinski definition) is 1. The van der Waals surface area contributed by atoms with Gasteiger partial charge in [0, 0.05) is 50.8 Å². The fraction of sp³-hybridized carbons (Fsp3) is 0.375. The van der Waals surface area contributed by atoms with Crippen molar-refractivity contribution >= 4 is 21.0 Å². The molecule has 0 aliphatic carbocycles. The molecule has 4 rings (SSSR count). The van der Waals surface area contributed by atoms with E-state index >= 15 is 0 Å². The fourth-order valence-corrected chi connectivity index (χ4v) is 5.63. The van der Waals surface area contributed by atoms with Gasteiger partial charge in [-0.15, -0.1) is 0 Å². The molecule has 1 aromatic heterocycles. The summed E-state index contributed by atoms with van der Waals surface area (Å²) in [4.78, 5) is 13.8. The molecule has 1 N–H and O–H groups in total. The van der Waals surface area contributed by atoms with Crippen LogP contribution >= 0.6 is 0 Å². The first-order chi connectivity index (χ1) is 16.6. The molecule has 2 heterocycles. The zero-order valence-electron chi connectivity index (χ0n) is 18.8. The van der Waals surface area contributed by atoms with Gasteiger partial charge in [-0.3, -0.25) is 0 Å². The van der Waals surface area contributed by atoms with Crippen LogP contribution in [0.25, 0.3) is 11.0 Å². The smallest absolute Gasteiger partial charge is 0.417 e. The van der Waals surface area contributed by atoms with Gasteiger partial charge in [-0.1, -0.05) is 18.2 Å². The Morgan fingerprint density at radius 2 is 1.60 bits per heavy atom. The van der Waals surface area contributed by atoms with Crippen LogP contribution in [-0.4, -0.2) is 62.1 Å². The molecular weight excluding hydrogens is 485 g/mol. The van der Waals surface area contributed by atoms with Crippen LogP contribution in [0.1, 0.15) is 23.1 Å². The van der Waals surface area contributed by atoms with Gasteiger partial charge >= 0.3 is 11.8 Å². The van der Waals surface area contributed by atoms with Crippen LogP contribution in [0.2, 0.25) is 0 Å². The van der Waals surface area contributed by atoms with Gasteiger partial charge in [-0.25, -0.2) is 13.2 Å². The number of hydrogen-bond acceptors (Lipinski definition) is 6. The van der Waals surface area contributed by atoms with E-state index in [-0.39, 0.29) is 28.9 Å². The number of halogens is 3. The number of fused-ring (bicyclic) bond motifs is 1. The highest BCUT2D eigenvalue weighted by Crippen LogP contribution is 2.34. The van der Waals surface area contributed by atoms with E-state index in [2.05, 4.69) is 4.90 Å². The number of alkyl halides is 3. The highest BCUT2D eigenvalue weighted by Gasteiger charge is 2.34. The molecule has 1 aliphatic heterocycles. The summed E-state index contributed by atoms with van der Waals surface area (Å²) >= 11 is 0. The van der Waals surface area contributed by atoms with Crippen molar-refractivity contribution in [1.29, 1.82) is 0 Å². The van der Waals surface area contributed by atoms with Gasteiger partial charge in [-0.2, -0.15) is 17.5 Å². The average molecular weight is 511 g/mol. The lowest BCUT2D eigenvalue weighted by molar-refractivity contribution is -0.136. The maximum atomic E-state index is 13.4. The molecule has 0 radical (unpaired) electrons. The summed E-state index contributed by atoms with van der Waals surface area (Å²) in [5, 5.41) is 8.75. The van der Waals surface area contributed by atoms with E-state index in [1.54, 1.807) is 18.2 Å². The Kier molecular flexibility index (Phi) is 7.32. The Bertz CT molecular complexity index is 1350. The quantitative estimate of drug-likeness (QED) is 0.492. The van der Waals surface area contributed by atoms with Crippen molar-refractivity contribution in [3.63, 3.8) is 0 Å². The van der Waals surface area contributed by atoms with Crippen LogP contribution in [0.5, 0.6) is 0 Å². The summed E-state index contributed by atoms with van der Waals surface area (Å²) in [7, 11) is -3.66. The highest BCUT2D eigenvalue weighted by molar-refractivity contribution is 7.89. The van der Waals surface area contributed by atoms with Crippen LogP contribution in [-0.2, 0) is 22.6 Å². The van der Waals surface area contributed by atoms with Crippen molar-refractivity contribution in [3.05, 3.63) is 75.6 Å². The monoisotopic (exact) mass is 510 g/mol. The number of benzene rings is 2. The zero-order valence-corrected chi connectivity index (χ0v) is 19.6. The highest BCUT2D eigenvalue weighted by atomic mass is 32.2. The number of nitrogens with zero attached hydrogens (tertiary/aromatic N) is 2. The van der Waals surface area contributed by atoms with Gasteiger partial charge in [0.15, 0.2) is 0 Å². The predicted molar refractivity (Wildman–Crippen MR) is 124 cm³/mol. The number of rotatable bonds is 7.